The standard InChI is InChI=1S/C15H15N3O4/c1-10(17-15-12(18(19)20)3-2-6-16-15)11-4-5-13-14(9-11)22-8-7-21-13/h2-6,9-10H,7-8H2,1H3,(H,16,17)/p+1/t10-/m0/s1. The minimum Gasteiger partial charge on any atom is -0.486 e. The van der Waals surface area contributed by atoms with Crippen LogP contribution in [0.1, 0.15) is 18.5 Å². The summed E-state index contributed by atoms with van der Waals surface area (Å²) in [5.41, 5.74) is 0.961. The van der Waals surface area contributed by atoms with Crippen molar-refractivity contribution in [2.24, 2.45) is 0 Å². The summed E-state index contributed by atoms with van der Waals surface area (Å²) < 4.78 is 11.0. The third-order valence-corrected chi connectivity index (χ3v) is 3.46. The van der Waals surface area contributed by atoms with Gasteiger partial charge < -0.3 is 9.47 Å². The van der Waals surface area contributed by atoms with Crippen LogP contribution in [0.2, 0.25) is 0 Å². The molecule has 1 aliphatic heterocycles. The fourth-order valence-corrected chi connectivity index (χ4v) is 2.32. The van der Waals surface area contributed by atoms with E-state index in [1.165, 1.54) is 6.07 Å². The molecule has 0 fully saturated rings. The monoisotopic (exact) mass is 302 g/mol. The van der Waals surface area contributed by atoms with E-state index < -0.39 is 4.92 Å². The van der Waals surface area contributed by atoms with E-state index in [2.05, 4.69) is 10.3 Å². The van der Waals surface area contributed by atoms with E-state index >= 15 is 0 Å². The first-order valence-electron chi connectivity index (χ1n) is 6.96. The molecule has 3 rings (SSSR count). The van der Waals surface area contributed by atoms with Gasteiger partial charge in [-0.1, -0.05) is 6.07 Å². The van der Waals surface area contributed by atoms with E-state index in [0.717, 1.165) is 11.3 Å². The minimum absolute atomic E-state index is 0.00638. The van der Waals surface area contributed by atoms with Crippen LogP contribution in [0.15, 0.2) is 36.5 Å². The summed E-state index contributed by atoms with van der Waals surface area (Å²) in [7, 11) is 0. The van der Waals surface area contributed by atoms with Crippen LogP contribution in [0.3, 0.4) is 0 Å². The summed E-state index contributed by atoms with van der Waals surface area (Å²) in [4.78, 5) is 13.5. The van der Waals surface area contributed by atoms with Crippen molar-refractivity contribution in [1.29, 1.82) is 0 Å². The SMILES string of the molecule is C[C@H](Nc1[nH+]cccc1[N+](=O)[O-])c1ccc2c(c1)OCCO2. The normalized spacial score (nSPS) is 14.2. The topological polar surface area (TPSA) is 87.8 Å². The molecule has 0 saturated carbocycles. The number of nitrogens with one attached hydrogen (secondary N) is 2. The van der Waals surface area contributed by atoms with Crippen molar-refractivity contribution in [2.45, 2.75) is 13.0 Å². The van der Waals surface area contributed by atoms with Gasteiger partial charge in [0, 0.05) is 6.07 Å². The Bertz CT molecular complexity index is 705. The molecule has 1 aromatic heterocycles. The third-order valence-electron chi connectivity index (χ3n) is 3.46. The summed E-state index contributed by atoms with van der Waals surface area (Å²) >= 11 is 0. The Morgan fingerprint density at radius 3 is 2.82 bits per heavy atom. The average Bonchev–Trinajstić information content (AvgIpc) is 2.54. The van der Waals surface area contributed by atoms with Crippen LogP contribution in [0.5, 0.6) is 11.5 Å². The number of aromatic nitrogens is 1. The molecule has 0 unspecified atom stereocenters. The second kappa shape index (κ2) is 5.88. The Hall–Kier alpha value is -2.83. The lowest BCUT2D eigenvalue weighted by atomic mass is 10.1. The number of H-pyrrole nitrogens is 1. The van der Waals surface area contributed by atoms with Crippen molar-refractivity contribution >= 4 is 11.5 Å². The fraction of sp³-hybridized carbons (Fsp3) is 0.267. The van der Waals surface area contributed by atoms with E-state index in [9.17, 15) is 10.1 Å². The largest absolute Gasteiger partial charge is 0.486 e. The molecule has 2 heterocycles. The summed E-state index contributed by atoms with van der Waals surface area (Å²) in [6.45, 7) is 3.00. The molecule has 0 bridgehead atoms. The van der Waals surface area contributed by atoms with Crippen molar-refractivity contribution < 1.29 is 19.4 Å². The van der Waals surface area contributed by atoms with Crippen LogP contribution < -0.4 is 19.8 Å². The van der Waals surface area contributed by atoms with Gasteiger partial charge in [0.1, 0.15) is 19.3 Å². The highest BCUT2D eigenvalue weighted by molar-refractivity contribution is 5.53. The number of aromatic amines is 1. The van der Waals surface area contributed by atoms with Crippen LogP contribution in [-0.4, -0.2) is 18.1 Å². The first-order chi connectivity index (χ1) is 10.6. The number of fused-ring (bicyclic) bond motifs is 1. The van der Waals surface area contributed by atoms with E-state index in [1.807, 2.05) is 25.1 Å². The van der Waals surface area contributed by atoms with Gasteiger partial charge in [-0.3, -0.25) is 15.4 Å². The number of nitrogens with zero attached hydrogens (tertiary/aromatic N) is 1. The molecule has 0 radical (unpaired) electrons. The molecule has 1 aliphatic rings. The lowest BCUT2D eigenvalue weighted by Crippen LogP contribution is -2.18. The molecular weight excluding hydrogens is 286 g/mol. The lowest BCUT2D eigenvalue weighted by Gasteiger charge is -2.19. The highest BCUT2D eigenvalue weighted by Crippen LogP contribution is 2.33. The van der Waals surface area contributed by atoms with Crippen LogP contribution in [0.25, 0.3) is 0 Å². The van der Waals surface area contributed by atoms with E-state index in [1.54, 1.807) is 12.3 Å². The molecule has 0 saturated heterocycles. The van der Waals surface area contributed by atoms with Gasteiger partial charge in [-0.05, 0) is 30.7 Å². The van der Waals surface area contributed by atoms with E-state index in [-0.39, 0.29) is 11.7 Å². The zero-order chi connectivity index (χ0) is 15.5. The molecule has 0 spiro atoms. The van der Waals surface area contributed by atoms with Gasteiger partial charge in [0.2, 0.25) is 0 Å². The summed E-state index contributed by atoms with van der Waals surface area (Å²) in [5.74, 6) is 1.79. The molecule has 1 aromatic carbocycles. The van der Waals surface area contributed by atoms with Crippen molar-refractivity contribution in [3.8, 4) is 11.5 Å². The first kappa shape index (κ1) is 14.1. The quantitative estimate of drug-likeness (QED) is 0.692. The van der Waals surface area contributed by atoms with Crippen LogP contribution in [0.4, 0.5) is 11.5 Å². The van der Waals surface area contributed by atoms with Gasteiger partial charge in [-0.15, -0.1) is 0 Å². The number of hydrogen-bond acceptors (Lipinski definition) is 5. The van der Waals surface area contributed by atoms with E-state index in [4.69, 9.17) is 9.47 Å². The molecule has 0 aliphatic carbocycles. The fourth-order valence-electron chi connectivity index (χ4n) is 2.32. The maximum Gasteiger partial charge on any atom is 0.357 e. The molecule has 1 atom stereocenters. The average molecular weight is 302 g/mol. The number of rotatable bonds is 4. The molecule has 2 aromatic rings. The summed E-state index contributed by atoms with van der Waals surface area (Å²) in [6, 6.07) is 8.58. The Labute approximate surface area is 127 Å². The molecule has 0 amide bonds. The van der Waals surface area contributed by atoms with Crippen LogP contribution >= 0.6 is 0 Å². The van der Waals surface area contributed by atoms with Gasteiger partial charge in [0.25, 0.3) is 0 Å². The van der Waals surface area contributed by atoms with Crippen molar-refractivity contribution in [3.63, 3.8) is 0 Å². The first-order valence-corrected chi connectivity index (χ1v) is 6.96. The maximum absolute atomic E-state index is 11.0. The number of ether oxygens (including phenoxy) is 2. The second-order valence-electron chi connectivity index (χ2n) is 4.96. The summed E-state index contributed by atoms with van der Waals surface area (Å²) in [6.07, 6.45) is 1.64. The molecular formula is C15H16N3O4+. The number of anilines is 1. The molecule has 114 valence electrons. The summed E-state index contributed by atoms with van der Waals surface area (Å²) in [5, 5.41) is 14.2. The Morgan fingerprint density at radius 1 is 1.27 bits per heavy atom. The Morgan fingerprint density at radius 2 is 2.05 bits per heavy atom. The minimum atomic E-state index is -0.421. The highest BCUT2D eigenvalue weighted by Gasteiger charge is 2.23. The lowest BCUT2D eigenvalue weighted by molar-refractivity contribution is -0.409. The van der Waals surface area contributed by atoms with Gasteiger partial charge in [-0.2, -0.15) is 0 Å². The number of nitro groups is 1. The van der Waals surface area contributed by atoms with E-state index in [0.29, 0.717) is 24.8 Å². The second-order valence-corrected chi connectivity index (χ2v) is 4.96. The molecule has 7 heteroatoms. The third kappa shape index (κ3) is 2.78. The van der Waals surface area contributed by atoms with Gasteiger partial charge >= 0.3 is 11.5 Å². The predicted octanol–water partition coefficient (Wildman–Crippen LogP) is 2.35. The van der Waals surface area contributed by atoms with Crippen molar-refractivity contribution in [3.05, 3.63) is 52.2 Å². The maximum atomic E-state index is 11.0. The molecule has 22 heavy (non-hydrogen) atoms. The molecule has 2 N–H and O–H groups in total. The van der Waals surface area contributed by atoms with Crippen LogP contribution in [-0.2, 0) is 0 Å². The van der Waals surface area contributed by atoms with Gasteiger partial charge in [-0.25, -0.2) is 4.98 Å². The van der Waals surface area contributed by atoms with Crippen molar-refractivity contribution in [1.82, 2.24) is 0 Å². The zero-order valence-electron chi connectivity index (χ0n) is 12.0. The number of benzene rings is 1. The van der Waals surface area contributed by atoms with Gasteiger partial charge in [0.15, 0.2) is 11.5 Å². The zero-order valence-corrected chi connectivity index (χ0v) is 12.0. The number of pyridine rings is 1. The molecule has 7 nitrogen and oxygen atoms in total. The van der Waals surface area contributed by atoms with Crippen molar-refractivity contribution in [2.75, 3.05) is 18.5 Å². The highest BCUT2D eigenvalue weighted by atomic mass is 16.6. The van der Waals surface area contributed by atoms with Crippen LogP contribution in [0, 0.1) is 10.1 Å². The smallest absolute Gasteiger partial charge is 0.357 e. The number of hydrogen-bond donors (Lipinski definition) is 1. The Balaban J connectivity index is 1.83. The van der Waals surface area contributed by atoms with Gasteiger partial charge in [0.05, 0.1) is 11.1 Å². The Kier molecular flexibility index (Phi) is 3.78. The predicted molar refractivity (Wildman–Crippen MR) is 79.1 cm³/mol.